The number of amides is 1. The van der Waals surface area contributed by atoms with Crippen molar-refractivity contribution >= 4 is 17.7 Å². The number of likely N-dealkylation sites (N-methyl/N-ethyl adjacent to an activating group) is 1. The first kappa shape index (κ1) is 15.7. The molecule has 0 saturated carbocycles. The standard InChI is InChI=1S/C12H20N4O2S/c1-4-14-12(3,10(13)18)5-6-19-11-15-8(2)7-9(17)16-11/h7,14H,4-6H2,1-3H3,(H2,13,18)(H,15,16,17). The van der Waals surface area contributed by atoms with E-state index in [1.807, 2.05) is 6.92 Å². The molecule has 0 aliphatic rings. The Morgan fingerprint density at radius 2 is 2.32 bits per heavy atom. The molecule has 0 radical (unpaired) electrons. The number of aromatic nitrogens is 2. The Labute approximate surface area is 116 Å². The molecule has 4 N–H and O–H groups in total. The largest absolute Gasteiger partial charge is 0.368 e. The number of nitrogens with one attached hydrogen (secondary N) is 2. The normalized spacial score (nSPS) is 14.1. The van der Waals surface area contributed by atoms with E-state index < -0.39 is 5.54 Å². The van der Waals surface area contributed by atoms with E-state index in [1.54, 1.807) is 13.8 Å². The summed E-state index contributed by atoms with van der Waals surface area (Å²) in [6.07, 6.45) is 0.568. The lowest BCUT2D eigenvalue weighted by atomic mass is 9.98. The minimum atomic E-state index is -0.730. The Hall–Kier alpha value is -1.34. The number of nitrogens with two attached hydrogens (primary N) is 1. The zero-order valence-electron chi connectivity index (χ0n) is 11.4. The summed E-state index contributed by atoms with van der Waals surface area (Å²) in [5.74, 6) is 0.263. The number of thioether (sulfide) groups is 1. The molecule has 0 fully saturated rings. The van der Waals surface area contributed by atoms with E-state index >= 15 is 0 Å². The third kappa shape index (κ3) is 4.68. The van der Waals surface area contributed by atoms with Gasteiger partial charge in [-0.05, 0) is 26.8 Å². The second-order valence-corrected chi connectivity index (χ2v) is 5.60. The van der Waals surface area contributed by atoms with Gasteiger partial charge in [0.05, 0.1) is 5.54 Å². The first-order valence-electron chi connectivity index (χ1n) is 6.13. The van der Waals surface area contributed by atoms with Crippen molar-refractivity contribution in [2.75, 3.05) is 12.3 Å². The maximum absolute atomic E-state index is 11.4. The van der Waals surface area contributed by atoms with E-state index in [-0.39, 0.29) is 11.5 Å². The summed E-state index contributed by atoms with van der Waals surface area (Å²) in [6.45, 7) is 6.15. The van der Waals surface area contributed by atoms with Crippen LogP contribution in [0.5, 0.6) is 0 Å². The molecule has 1 heterocycles. The molecule has 106 valence electrons. The highest BCUT2D eigenvalue weighted by Crippen LogP contribution is 2.18. The topological polar surface area (TPSA) is 101 Å². The third-order valence-electron chi connectivity index (χ3n) is 2.80. The summed E-state index contributed by atoms with van der Waals surface area (Å²) < 4.78 is 0. The summed E-state index contributed by atoms with van der Waals surface area (Å²) in [5.41, 5.74) is 5.18. The van der Waals surface area contributed by atoms with Crippen LogP contribution in [0.4, 0.5) is 0 Å². The van der Waals surface area contributed by atoms with E-state index in [9.17, 15) is 9.59 Å². The number of aryl methyl sites for hydroxylation is 1. The predicted molar refractivity (Wildman–Crippen MR) is 76.2 cm³/mol. The fraction of sp³-hybridized carbons (Fsp3) is 0.583. The Balaban J connectivity index is 2.61. The molecule has 0 aliphatic heterocycles. The Bertz CT molecular complexity index is 503. The van der Waals surface area contributed by atoms with Crippen molar-refractivity contribution in [3.05, 3.63) is 22.1 Å². The molecule has 1 atom stereocenters. The van der Waals surface area contributed by atoms with Crippen LogP contribution in [0.15, 0.2) is 16.0 Å². The van der Waals surface area contributed by atoms with Crippen molar-refractivity contribution in [2.24, 2.45) is 5.73 Å². The number of carbonyl (C=O) groups excluding carboxylic acids is 1. The van der Waals surface area contributed by atoms with Crippen LogP contribution in [0, 0.1) is 6.92 Å². The van der Waals surface area contributed by atoms with Crippen LogP contribution < -0.4 is 16.6 Å². The molecule has 1 unspecified atom stereocenters. The first-order valence-corrected chi connectivity index (χ1v) is 7.11. The second kappa shape index (κ2) is 6.72. The lowest BCUT2D eigenvalue weighted by Gasteiger charge is -2.26. The monoisotopic (exact) mass is 284 g/mol. The first-order chi connectivity index (χ1) is 8.87. The van der Waals surface area contributed by atoms with Crippen molar-refractivity contribution in [1.82, 2.24) is 15.3 Å². The molecule has 1 aromatic heterocycles. The lowest BCUT2D eigenvalue weighted by Crippen LogP contribution is -2.53. The van der Waals surface area contributed by atoms with E-state index in [0.29, 0.717) is 29.6 Å². The zero-order chi connectivity index (χ0) is 14.5. The van der Waals surface area contributed by atoms with Crippen LogP contribution in [-0.4, -0.2) is 33.7 Å². The van der Waals surface area contributed by atoms with Gasteiger partial charge in [0.1, 0.15) is 0 Å². The molecule has 1 rings (SSSR count). The molecule has 0 aliphatic carbocycles. The van der Waals surface area contributed by atoms with E-state index in [1.165, 1.54) is 17.8 Å². The number of H-pyrrole nitrogens is 1. The van der Waals surface area contributed by atoms with Gasteiger partial charge in [-0.3, -0.25) is 9.59 Å². The average Bonchev–Trinajstić information content (AvgIpc) is 2.27. The van der Waals surface area contributed by atoms with Gasteiger partial charge in [0, 0.05) is 17.5 Å². The summed E-state index contributed by atoms with van der Waals surface area (Å²) in [6, 6.07) is 1.44. The molecule has 0 bridgehead atoms. The maximum atomic E-state index is 11.4. The number of hydrogen-bond donors (Lipinski definition) is 3. The van der Waals surface area contributed by atoms with Crippen molar-refractivity contribution in [2.45, 2.75) is 37.9 Å². The highest BCUT2D eigenvalue weighted by molar-refractivity contribution is 7.99. The Morgan fingerprint density at radius 3 is 2.84 bits per heavy atom. The lowest BCUT2D eigenvalue weighted by molar-refractivity contribution is -0.123. The third-order valence-corrected chi connectivity index (χ3v) is 3.67. The Morgan fingerprint density at radius 1 is 1.63 bits per heavy atom. The van der Waals surface area contributed by atoms with Crippen LogP contribution in [-0.2, 0) is 4.79 Å². The maximum Gasteiger partial charge on any atom is 0.251 e. The number of carbonyl (C=O) groups is 1. The molecular formula is C12H20N4O2S. The second-order valence-electron chi connectivity index (χ2n) is 4.52. The molecule has 0 aromatic carbocycles. The zero-order valence-corrected chi connectivity index (χ0v) is 12.3. The van der Waals surface area contributed by atoms with Gasteiger partial charge >= 0.3 is 0 Å². The van der Waals surface area contributed by atoms with Gasteiger partial charge in [0.2, 0.25) is 5.91 Å². The highest BCUT2D eigenvalue weighted by Gasteiger charge is 2.29. The minimum absolute atomic E-state index is 0.167. The fourth-order valence-corrected chi connectivity index (χ4v) is 2.75. The summed E-state index contributed by atoms with van der Waals surface area (Å²) in [5, 5.41) is 3.65. The molecule has 1 amide bonds. The van der Waals surface area contributed by atoms with Crippen molar-refractivity contribution in [1.29, 1.82) is 0 Å². The van der Waals surface area contributed by atoms with Gasteiger partial charge in [-0.25, -0.2) is 4.98 Å². The van der Waals surface area contributed by atoms with Gasteiger partial charge in [0.15, 0.2) is 5.16 Å². The number of nitrogens with zero attached hydrogens (tertiary/aromatic N) is 1. The van der Waals surface area contributed by atoms with Crippen molar-refractivity contribution < 1.29 is 4.79 Å². The molecule has 7 heteroatoms. The van der Waals surface area contributed by atoms with Gasteiger partial charge < -0.3 is 16.0 Å². The number of hydrogen-bond acceptors (Lipinski definition) is 5. The van der Waals surface area contributed by atoms with Crippen LogP contribution in [0.2, 0.25) is 0 Å². The SMILES string of the molecule is CCNC(C)(CCSc1nc(C)cc(=O)[nH]1)C(N)=O. The molecular weight excluding hydrogens is 264 g/mol. The van der Waals surface area contributed by atoms with Gasteiger partial charge in [-0.1, -0.05) is 18.7 Å². The quantitative estimate of drug-likeness (QED) is 0.497. The highest BCUT2D eigenvalue weighted by atomic mass is 32.2. The fourth-order valence-electron chi connectivity index (χ4n) is 1.66. The van der Waals surface area contributed by atoms with Crippen molar-refractivity contribution in [3.8, 4) is 0 Å². The predicted octanol–water partition coefficient (Wildman–Crippen LogP) is 0.414. The molecule has 1 aromatic rings. The number of aromatic amines is 1. The van der Waals surface area contributed by atoms with Gasteiger partial charge in [0.25, 0.3) is 5.56 Å². The number of rotatable bonds is 7. The van der Waals surface area contributed by atoms with Gasteiger partial charge in [-0.2, -0.15) is 0 Å². The smallest absolute Gasteiger partial charge is 0.251 e. The van der Waals surface area contributed by atoms with Crippen LogP contribution in [0.3, 0.4) is 0 Å². The molecule has 6 nitrogen and oxygen atoms in total. The minimum Gasteiger partial charge on any atom is -0.368 e. The Kier molecular flexibility index (Phi) is 5.56. The molecule has 19 heavy (non-hydrogen) atoms. The number of primary amides is 1. The van der Waals surface area contributed by atoms with E-state index in [2.05, 4.69) is 15.3 Å². The summed E-state index contributed by atoms with van der Waals surface area (Å²) in [7, 11) is 0. The van der Waals surface area contributed by atoms with Crippen molar-refractivity contribution in [3.63, 3.8) is 0 Å². The van der Waals surface area contributed by atoms with Crippen LogP contribution in [0.25, 0.3) is 0 Å². The van der Waals surface area contributed by atoms with Crippen LogP contribution >= 0.6 is 11.8 Å². The average molecular weight is 284 g/mol. The van der Waals surface area contributed by atoms with E-state index in [0.717, 1.165) is 0 Å². The van der Waals surface area contributed by atoms with Crippen LogP contribution in [0.1, 0.15) is 26.0 Å². The van der Waals surface area contributed by atoms with E-state index in [4.69, 9.17) is 5.73 Å². The summed E-state index contributed by atoms with van der Waals surface area (Å²) >= 11 is 1.40. The molecule has 0 saturated heterocycles. The molecule has 0 spiro atoms. The van der Waals surface area contributed by atoms with Gasteiger partial charge in [-0.15, -0.1) is 0 Å². The summed E-state index contributed by atoms with van der Waals surface area (Å²) in [4.78, 5) is 29.6.